The highest BCUT2D eigenvalue weighted by atomic mass is 16.7. The first-order valence-corrected chi connectivity index (χ1v) is 4.62. The maximum Gasteiger partial charge on any atom is 0.332 e. The number of carboxylic acids is 1. The number of hydrogen-bond acceptors (Lipinski definition) is 5. The molecule has 0 aromatic rings. The molecule has 0 aromatic heterocycles. The number of carbonyl (C=O) groups is 2. The Balaban J connectivity index is 2.09. The molecular weight excluding hydrogens is 204 g/mol. The first-order chi connectivity index (χ1) is 7.18. The van der Waals surface area contributed by atoms with Crippen molar-refractivity contribution in [2.45, 2.75) is 12.5 Å². The molecule has 0 aliphatic carbocycles. The molecule has 0 saturated carbocycles. The average Bonchev–Trinajstić information content (AvgIpc) is 2.18. The minimum atomic E-state index is -1.13. The summed E-state index contributed by atoms with van der Waals surface area (Å²) in [4.78, 5) is 25.7. The maximum atomic E-state index is 11.2. The molecule has 0 radical (unpaired) electrons. The summed E-state index contributed by atoms with van der Waals surface area (Å²) < 4.78 is 5.15. The van der Waals surface area contributed by atoms with Gasteiger partial charge in [-0.25, -0.2) is 10.3 Å². The monoisotopic (exact) mass is 218 g/mol. The van der Waals surface area contributed by atoms with E-state index in [9.17, 15) is 9.59 Å². The Hall–Kier alpha value is -1.18. The summed E-state index contributed by atoms with van der Waals surface area (Å²) in [6.45, 7) is 1.30. The van der Waals surface area contributed by atoms with Crippen LogP contribution in [0.3, 0.4) is 0 Å². The highest BCUT2D eigenvalue weighted by Crippen LogP contribution is 1.97. The Morgan fingerprint density at radius 1 is 1.60 bits per heavy atom. The van der Waals surface area contributed by atoms with Gasteiger partial charge in [-0.15, -0.1) is 0 Å². The van der Waals surface area contributed by atoms with E-state index >= 15 is 0 Å². The molecule has 1 unspecified atom stereocenters. The Morgan fingerprint density at radius 3 is 3.00 bits per heavy atom. The second kappa shape index (κ2) is 6.33. The van der Waals surface area contributed by atoms with Gasteiger partial charge < -0.3 is 15.2 Å². The second-order valence-corrected chi connectivity index (χ2v) is 3.14. The fourth-order valence-electron chi connectivity index (χ4n) is 1.19. The first kappa shape index (κ1) is 11.9. The first-order valence-electron chi connectivity index (χ1n) is 4.62. The number of carboxylic acid groups (broad SMARTS) is 1. The summed E-state index contributed by atoms with van der Waals surface area (Å²) in [7, 11) is 0. The molecule has 0 spiro atoms. The molecule has 1 aliphatic heterocycles. The van der Waals surface area contributed by atoms with Gasteiger partial charge in [0, 0.05) is 19.0 Å². The van der Waals surface area contributed by atoms with Gasteiger partial charge >= 0.3 is 5.97 Å². The number of hydrogen-bond donors (Lipinski definition) is 3. The van der Waals surface area contributed by atoms with Gasteiger partial charge in [-0.2, -0.15) is 0 Å². The van der Waals surface area contributed by atoms with Crippen LogP contribution >= 0.6 is 0 Å². The molecule has 0 aromatic carbocycles. The number of aliphatic carboxylic acids is 1. The van der Waals surface area contributed by atoms with Crippen LogP contribution in [0.1, 0.15) is 6.42 Å². The minimum Gasteiger partial charge on any atom is -0.479 e. The van der Waals surface area contributed by atoms with E-state index in [2.05, 4.69) is 10.2 Å². The lowest BCUT2D eigenvalue weighted by atomic mass is 10.2. The molecular formula is C8H14N2O5. The van der Waals surface area contributed by atoms with Gasteiger partial charge in [0.25, 0.3) is 0 Å². The van der Waals surface area contributed by atoms with E-state index in [1.54, 1.807) is 0 Å². The lowest BCUT2D eigenvalue weighted by molar-refractivity contribution is -0.149. The molecule has 3 N–H and O–H groups in total. The average molecular weight is 218 g/mol. The summed E-state index contributed by atoms with van der Waals surface area (Å²) >= 11 is 0. The molecule has 1 heterocycles. The Bertz CT molecular complexity index is 227. The van der Waals surface area contributed by atoms with Crippen LogP contribution in [0.2, 0.25) is 0 Å². The Labute approximate surface area is 86.7 Å². The molecule has 7 heteroatoms. The van der Waals surface area contributed by atoms with Gasteiger partial charge in [0.2, 0.25) is 5.91 Å². The van der Waals surface area contributed by atoms with Crippen molar-refractivity contribution in [1.82, 2.24) is 10.8 Å². The smallest absolute Gasteiger partial charge is 0.332 e. The summed E-state index contributed by atoms with van der Waals surface area (Å²) in [5, 5.41) is 11.3. The van der Waals surface area contributed by atoms with Crippen molar-refractivity contribution in [1.29, 1.82) is 0 Å². The Kier molecular flexibility index (Phi) is 5.02. The Morgan fingerprint density at radius 2 is 2.40 bits per heavy atom. The van der Waals surface area contributed by atoms with E-state index in [0.717, 1.165) is 0 Å². The fraction of sp³-hybridized carbons (Fsp3) is 0.750. The van der Waals surface area contributed by atoms with Crippen molar-refractivity contribution < 1.29 is 24.3 Å². The van der Waals surface area contributed by atoms with Crippen LogP contribution in [0.4, 0.5) is 0 Å². The lowest BCUT2D eigenvalue weighted by Gasteiger charge is -2.22. The van der Waals surface area contributed by atoms with Gasteiger partial charge in [-0.3, -0.25) is 9.63 Å². The lowest BCUT2D eigenvalue weighted by Crippen LogP contribution is -2.44. The molecule has 1 rings (SSSR count). The summed E-state index contributed by atoms with van der Waals surface area (Å²) in [5.41, 5.74) is 2.05. The standard InChI is InChI=1S/C8H14N2O5/c11-7(10-15-5-8(12)13)3-6-4-14-2-1-9-6/h6,9H,1-5H2,(H,10,11)(H,12,13). The number of morpholine rings is 1. The van der Waals surface area contributed by atoms with Crippen molar-refractivity contribution in [3.63, 3.8) is 0 Å². The molecule has 86 valence electrons. The summed E-state index contributed by atoms with van der Waals surface area (Å²) in [6, 6.07) is -0.0350. The molecule has 15 heavy (non-hydrogen) atoms. The van der Waals surface area contributed by atoms with Gasteiger partial charge in [-0.05, 0) is 0 Å². The third kappa shape index (κ3) is 5.31. The van der Waals surface area contributed by atoms with E-state index < -0.39 is 12.6 Å². The summed E-state index contributed by atoms with van der Waals surface area (Å²) in [6.07, 6.45) is 0.208. The van der Waals surface area contributed by atoms with E-state index in [-0.39, 0.29) is 18.4 Å². The molecule has 1 fully saturated rings. The number of rotatable bonds is 5. The predicted molar refractivity (Wildman–Crippen MR) is 49.0 cm³/mol. The van der Waals surface area contributed by atoms with Gasteiger partial charge in [0.15, 0.2) is 6.61 Å². The van der Waals surface area contributed by atoms with Crippen LogP contribution in [0.15, 0.2) is 0 Å². The summed E-state index contributed by atoms with van der Waals surface area (Å²) in [5.74, 6) is -1.49. The van der Waals surface area contributed by atoms with Crippen molar-refractivity contribution >= 4 is 11.9 Å². The molecule has 7 nitrogen and oxygen atoms in total. The van der Waals surface area contributed by atoms with Gasteiger partial charge in [-0.1, -0.05) is 0 Å². The quantitative estimate of drug-likeness (QED) is 0.486. The fourth-order valence-corrected chi connectivity index (χ4v) is 1.19. The van der Waals surface area contributed by atoms with Crippen LogP contribution in [0, 0.1) is 0 Å². The third-order valence-corrected chi connectivity index (χ3v) is 1.81. The van der Waals surface area contributed by atoms with Crippen LogP contribution in [0.25, 0.3) is 0 Å². The van der Waals surface area contributed by atoms with Gasteiger partial charge in [0.05, 0.1) is 13.2 Å². The molecule has 1 amide bonds. The zero-order valence-electron chi connectivity index (χ0n) is 8.19. The van der Waals surface area contributed by atoms with Gasteiger partial charge in [0.1, 0.15) is 0 Å². The number of ether oxygens (including phenoxy) is 1. The van der Waals surface area contributed by atoms with Crippen molar-refractivity contribution in [3.8, 4) is 0 Å². The normalized spacial score (nSPS) is 20.9. The molecule has 0 bridgehead atoms. The highest BCUT2D eigenvalue weighted by molar-refractivity contribution is 5.76. The van der Waals surface area contributed by atoms with Crippen molar-refractivity contribution in [2.75, 3.05) is 26.4 Å². The minimum absolute atomic E-state index is 0.0350. The number of hydroxylamine groups is 1. The molecule has 1 saturated heterocycles. The van der Waals surface area contributed by atoms with E-state index in [1.807, 2.05) is 5.48 Å². The zero-order chi connectivity index (χ0) is 11.1. The SMILES string of the molecule is O=C(O)CONC(=O)CC1COCCN1. The zero-order valence-corrected chi connectivity index (χ0v) is 8.19. The number of nitrogens with one attached hydrogen (secondary N) is 2. The second-order valence-electron chi connectivity index (χ2n) is 3.14. The highest BCUT2D eigenvalue weighted by Gasteiger charge is 2.16. The van der Waals surface area contributed by atoms with E-state index in [4.69, 9.17) is 9.84 Å². The topological polar surface area (TPSA) is 96.9 Å². The van der Waals surface area contributed by atoms with Crippen LogP contribution in [-0.2, 0) is 19.2 Å². The van der Waals surface area contributed by atoms with Crippen LogP contribution in [-0.4, -0.2) is 49.4 Å². The molecule has 1 atom stereocenters. The van der Waals surface area contributed by atoms with E-state index in [1.165, 1.54) is 0 Å². The van der Waals surface area contributed by atoms with E-state index in [0.29, 0.717) is 19.8 Å². The van der Waals surface area contributed by atoms with Crippen LogP contribution < -0.4 is 10.8 Å². The predicted octanol–water partition coefficient (Wildman–Crippen LogP) is -1.50. The van der Waals surface area contributed by atoms with Crippen molar-refractivity contribution in [3.05, 3.63) is 0 Å². The molecule has 1 aliphatic rings. The number of amides is 1. The maximum absolute atomic E-state index is 11.2. The largest absolute Gasteiger partial charge is 0.479 e. The number of carbonyl (C=O) groups excluding carboxylic acids is 1. The van der Waals surface area contributed by atoms with Crippen LogP contribution in [0.5, 0.6) is 0 Å². The van der Waals surface area contributed by atoms with Crippen molar-refractivity contribution in [2.24, 2.45) is 0 Å². The third-order valence-electron chi connectivity index (χ3n) is 1.81.